The van der Waals surface area contributed by atoms with Gasteiger partial charge >= 0.3 is 5.97 Å². The smallest absolute Gasteiger partial charge is 0.309 e. The summed E-state index contributed by atoms with van der Waals surface area (Å²) >= 11 is 0. The Balaban J connectivity index is 1.76. The highest BCUT2D eigenvalue weighted by atomic mass is 19.1. The summed E-state index contributed by atoms with van der Waals surface area (Å²) in [6, 6.07) is 5.03. The van der Waals surface area contributed by atoms with Gasteiger partial charge in [-0.05, 0) is 60.9 Å². The van der Waals surface area contributed by atoms with Gasteiger partial charge in [-0.3, -0.25) is 4.79 Å². The maximum Gasteiger partial charge on any atom is 0.309 e. The first kappa shape index (κ1) is 24.5. The summed E-state index contributed by atoms with van der Waals surface area (Å²) in [6.45, 7) is 11.1. The van der Waals surface area contributed by atoms with Crippen molar-refractivity contribution in [1.82, 2.24) is 0 Å². The van der Waals surface area contributed by atoms with Gasteiger partial charge in [0.15, 0.2) is 0 Å². The van der Waals surface area contributed by atoms with E-state index in [1.807, 2.05) is 13.0 Å². The number of cyclic esters (lactones) is 1. The van der Waals surface area contributed by atoms with Crippen LogP contribution in [0.1, 0.15) is 45.1 Å². The summed E-state index contributed by atoms with van der Waals surface area (Å²) in [4.78, 5) is 14.6. The van der Waals surface area contributed by atoms with Crippen LogP contribution in [0.2, 0.25) is 0 Å². The van der Waals surface area contributed by atoms with E-state index in [-0.39, 0.29) is 18.2 Å². The Labute approximate surface area is 190 Å². The van der Waals surface area contributed by atoms with Gasteiger partial charge in [-0.2, -0.15) is 0 Å². The highest BCUT2D eigenvalue weighted by Gasteiger charge is 2.25. The fourth-order valence-electron chi connectivity index (χ4n) is 4.37. The van der Waals surface area contributed by atoms with Crippen molar-refractivity contribution in [2.24, 2.45) is 11.8 Å². The van der Waals surface area contributed by atoms with Gasteiger partial charge in [0, 0.05) is 24.7 Å². The lowest BCUT2D eigenvalue weighted by Gasteiger charge is -2.29. The van der Waals surface area contributed by atoms with Gasteiger partial charge in [0.2, 0.25) is 0 Å². The summed E-state index contributed by atoms with van der Waals surface area (Å²) < 4.78 is 25.6. The number of aliphatic hydroxyl groups excluding tert-OH is 1. The number of nitrogens with zero attached hydrogens (tertiary/aromatic N) is 1. The van der Waals surface area contributed by atoms with Crippen LogP contribution in [0, 0.1) is 17.7 Å². The number of aliphatic hydroxyl groups is 1. The molecule has 1 N–H and O–H groups in total. The van der Waals surface area contributed by atoms with Crippen molar-refractivity contribution < 1.29 is 23.8 Å². The van der Waals surface area contributed by atoms with Gasteiger partial charge in [-0.25, -0.2) is 4.39 Å². The lowest BCUT2D eigenvalue weighted by molar-refractivity contribution is -0.151. The van der Waals surface area contributed by atoms with Gasteiger partial charge in [0.1, 0.15) is 11.9 Å². The van der Waals surface area contributed by atoms with E-state index < -0.39 is 18.2 Å². The molecule has 1 fully saturated rings. The molecule has 5 nitrogen and oxygen atoms in total. The molecule has 2 aliphatic heterocycles. The zero-order valence-corrected chi connectivity index (χ0v) is 19.3. The second-order valence-corrected chi connectivity index (χ2v) is 9.23. The Bertz CT molecular complexity index is 818. The minimum Gasteiger partial charge on any atom is -0.457 e. The van der Waals surface area contributed by atoms with Crippen LogP contribution < -0.4 is 4.90 Å². The van der Waals surface area contributed by atoms with Gasteiger partial charge in [0.05, 0.1) is 25.7 Å². The third kappa shape index (κ3) is 7.17. The zero-order valence-electron chi connectivity index (χ0n) is 19.3. The van der Waals surface area contributed by atoms with Crippen LogP contribution in [0.15, 0.2) is 42.5 Å². The standard InChI is InChI=1S/C26H36FNO4/c1-18-5-4-6-19(2)26(32-25(30)17-24(29)8-7-18)20(3)13-21-14-22(27)16-23(15-21)28-9-11-31-12-10-28/h4,6,14-16,18-19,24,26,29H,3,5,7-13,17H2,1-2H3/b6-4+/t18-,19-,24+,26-/m0/s1. The number of carbonyl (C=O) groups is 1. The molecule has 0 saturated carbocycles. The van der Waals surface area contributed by atoms with Crippen molar-refractivity contribution in [2.75, 3.05) is 31.2 Å². The van der Waals surface area contributed by atoms with Crippen molar-refractivity contribution in [3.05, 3.63) is 53.9 Å². The highest BCUT2D eigenvalue weighted by Crippen LogP contribution is 2.26. The van der Waals surface area contributed by atoms with Crippen LogP contribution in [-0.4, -0.2) is 49.6 Å². The first-order valence-corrected chi connectivity index (χ1v) is 11.7. The fourth-order valence-corrected chi connectivity index (χ4v) is 4.37. The van der Waals surface area contributed by atoms with E-state index in [1.165, 1.54) is 6.07 Å². The second kappa shape index (κ2) is 11.6. The topological polar surface area (TPSA) is 59.0 Å². The number of rotatable bonds is 4. The number of esters is 1. The fraction of sp³-hybridized carbons (Fsp3) is 0.577. The van der Waals surface area contributed by atoms with E-state index in [2.05, 4.69) is 30.6 Å². The minimum atomic E-state index is -0.697. The number of allylic oxidation sites excluding steroid dienone is 1. The van der Waals surface area contributed by atoms with E-state index in [0.29, 0.717) is 37.5 Å². The van der Waals surface area contributed by atoms with Gasteiger partial charge < -0.3 is 19.5 Å². The summed E-state index contributed by atoms with van der Waals surface area (Å²) in [5.41, 5.74) is 2.34. The molecule has 0 bridgehead atoms. The molecule has 0 spiro atoms. The number of hydrogen-bond donors (Lipinski definition) is 1. The third-order valence-electron chi connectivity index (χ3n) is 6.26. The Kier molecular flexibility index (Phi) is 8.88. The minimum absolute atomic E-state index is 0.0198. The SMILES string of the molecule is C=C(Cc1cc(F)cc(N2CCOCC2)c1)[C@H]1OC(=O)C[C@H](O)CC[C@@H](C)C/C=C/[C@@H]1C. The van der Waals surface area contributed by atoms with Crippen molar-refractivity contribution in [3.63, 3.8) is 0 Å². The highest BCUT2D eigenvalue weighted by molar-refractivity contribution is 5.70. The van der Waals surface area contributed by atoms with Crippen LogP contribution in [0.3, 0.4) is 0 Å². The predicted octanol–water partition coefficient (Wildman–Crippen LogP) is 4.44. The Morgan fingerprint density at radius 2 is 1.97 bits per heavy atom. The number of anilines is 1. The average Bonchev–Trinajstić information content (AvgIpc) is 2.75. The number of benzene rings is 1. The summed E-state index contributed by atoms with van der Waals surface area (Å²) in [5.74, 6) is -0.346. The van der Waals surface area contributed by atoms with Crippen LogP contribution >= 0.6 is 0 Å². The summed E-state index contributed by atoms with van der Waals surface area (Å²) in [5, 5.41) is 10.2. The molecule has 0 radical (unpaired) electrons. The molecule has 4 atom stereocenters. The summed E-state index contributed by atoms with van der Waals surface area (Å²) in [7, 11) is 0. The number of carbonyl (C=O) groups excluding carboxylic acids is 1. The Hall–Kier alpha value is -2.18. The largest absolute Gasteiger partial charge is 0.457 e. The molecular weight excluding hydrogens is 409 g/mol. The van der Waals surface area contributed by atoms with Crippen molar-refractivity contribution in [2.45, 2.75) is 58.2 Å². The maximum atomic E-state index is 14.4. The molecule has 6 heteroatoms. The molecule has 0 aliphatic carbocycles. The molecule has 1 aromatic carbocycles. The van der Waals surface area contributed by atoms with Crippen LogP contribution in [0.4, 0.5) is 10.1 Å². The molecule has 0 unspecified atom stereocenters. The molecule has 2 aliphatic rings. The van der Waals surface area contributed by atoms with E-state index >= 15 is 0 Å². The Morgan fingerprint density at radius 3 is 2.72 bits per heavy atom. The number of halogens is 1. The van der Waals surface area contributed by atoms with Crippen LogP contribution in [0.5, 0.6) is 0 Å². The quantitative estimate of drug-likeness (QED) is 0.549. The van der Waals surface area contributed by atoms with Gasteiger partial charge in [-0.1, -0.05) is 32.6 Å². The average molecular weight is 446 g/mol. The molecule has 2 heterocycles. The molecule has 176 valence electrons. The monoisotopic (exact) mass is 445 g/mol. The summed E-state index contributed by atoms with van der Waals surface area (Å²) in [6.07, 6.45) is 5.72. The number of hydrogen-bond acceptors (Lipinski definition) is 5. The van der Waals surface area contributed by atoms with Gasteiger partial charge in [0.25, 0.3) is 0 Å². The number of morpholine rings is 1. The predicted molar refractivity (Wildman–Crippen MR) is 124 cm³/mol. The van der Waals surface area contributed by atoms with Crippen LogP contribution in [0.25, 0.3) is 0 Å². The lowest BCUT2D eigenvalue weighted by atomic mass is 9.91. The molecular formula is C26H36FNO4. The van der Waals surface area contributed by atoms with E-state index in [4.69, 9.17) is 9.47 Å². The molecule has 1 saturated heterocycles. The Morgan fingerprint density at radius 1 is 1.22 bits per heavy atom. The molecule has 32 heavy (non-hydrogen) atoms. The van der Waals surface area contributed by atoms with E-state index in [0.717, 1.165) is 37.2 Å². The first-order chi connectivity index (χ1) is 15.3. The molecule has 3 rings (SSSR count). The normalized spacial score (nSPS) is 28.9. The first-order valence-electron chi connectivity index (χ1n) is 11.7. The molecule has 0 aromatic heterocycles. The van der Waals surface area contributed by atoms with Gasteiger partial charge in [-0.15, -0.1) is 0 Å². The molecule has 1 aromatic rings. The lowest BCUT2D eigenvalue weighted by Crippen LogP contribution is -2.36. The third-order valence-corrected chi connectivity index (χ3v) is 6.26. The van der Waals surface area contributed by atoms with Crippen molar-refractivity contribution in [3.8, 4) is 0 Å². The number of ether oxygens (including phenoxy) is 2. The van der Waals surface area contributed by atoms with Crippen molar-refractivity contribution >= 4 is 11.7 Å². The van der Waals surface area contributed by atoms with E-state index in [1.54, 1.807) is 6.07 Å². The van der Waals surface area contributed by atoms with E-state index in [9.17, 15) is 14.3 Å². The maximum absolute atomic E-state index is 14.4. The molecule has 0 amide bonds. The van der Waals surface area contributed by atoms with Crippen LogP contribution in [-0.2, 0) is 20.7 Å². The zero-order chi connectivity index (χ0) is 23.1. The van der Waals surface area contributed by atoms with Crippen molar-refractivity contribution in [1.29, 1.82) is 0 Å². The second-order valence-electron chi connectivity index (χ2n) is 9.23.